The molecule has 0 aliphatic rings. The van der Waals surface area contributed by atoms with E-state index in [2.05, 4.69) is 74.8 Å². The normalized spacial score (nSPS) is 13.4. The Morgan fingerprint density at radius 2 is 1.80 bits per heavy atom. The third-order valence-electron chi connectivity index (χ3n) is 3.99. The van der Waals surface area contributed by atoms with E-state index in [-0.39, 0.29) is 0 Å². The summed E-state index contributed by atoms with van der Waals surface area (Å²) in [4.78, 5) is 1.41. The van der Waals surface area contributed by atoms with Crippen molar-refractivity contribution in [2.45, 2.75) is 34.2 Å². The third-order valence-corrected chi connectivity index (χ3v) is 4.93. The summed E-state index contributed by atoms with van der Waals surface area (Å²) in [6.07, 6.45) is 0. The van der Waals surface area contributed by atoms with Crippen molar-refractivity contribution < 1.29 is 0 Å². The van der Waals surface area contributed by atoms with Gasteiger partial charge in [0.2, 0.25) is 0 Å². The summed E-state index contributed by atoms with van der Waals surface area (Å²) >= 11 is 1.84. The lowest BCUT2D eigenvalue weighted by molar-refractivity contribution is 0.253. The number of thiophene rings is 1. The van der Waals surface area contributed by atoms with Crippen LogP contribution < -0.4 is 5.32 Å². The van der Waals surface area contributed by atoms with E-state index >= 15 is 0 Å². The molecule has 0 aliphatic carbocycles. The minimum Gasteiger partial charge on any atom is -0.312 e. The maximum Gasteiger partial charge on any atom is 0.0300 e. The van der Waals surface area contributed by atoms with Gasteiger partial charge in [-0.1, -0.05) is 58.0 Å². The lowest BCUT2D eigenvalue weighted by Gasteiger charge is -2.27. The van der Waals surface area contributed by atoms with E-state index in [1.54, 1.807) is 0 Å². The van der Waals surface area contributed by atoms with Crippen LogP contribution in [0.3, 0.4) is 0 Å². The Labute approximate surface area is 127 Å². The van der Waals surface area contributed by atoms with Gasteiger partial charge in [0.1, 0.15) is 0 Å². The van der Waals surface area contributed by atoms with Gasteiger partial charge in [0.15, 0.2) is 0 Å². The van der Waals surface area contributed by atoms with Gasteiger partial charge >= 0.3 is 0 Å². The molecule has 1 atom stereocenters. The summed E-state index contributed by atoms with van der Waals surface area (Å²) in [6, 6.07) is 12.9. The highest BCUT2D eigenvalue weighted by molar-refractivity contribution is 7.10. The second-order valence-electron chi connectivity index (χ2n) is 6.57. The Morgan fingerprint density at radius 3 is 2.45 bits per heavy atom. The summed E-state index contributed by atoms with van der Waals surface area (Å²) < 4.78 is 0. The highest BCUT2D eigenvalue weighted by atomic mass is 32.1. The Bertz CT molecular complexity index is 522. The van der Waals surface area contributed by atoms with Crippen molar-refractivity contribution in [2.24, 2.45) is 11.3 Å². The highest BCUT2D eigenvalue weighted by Gasteiger charge is 2.19. The van der Waals surface area contributed by atoms with Crippen molar-refractivity contribution in [3.63, 3.8) is 0 Å². The minimum atomic E-state index is 0.373. The molecule has 1 nitrogen and oxygen atoms in total. The Hall–Kier alpha value is -1.12. The predicted molar refractivity (Wildman–Crippen MR) is 90.1 cm³/mol. The number of hydrogen-bond acceptors (Lipinski definition) is 2. The predicted octanol–water partition coefficient (Wildman–Crippen LogP) is 5.19. The molecular weight excluding hydrogens is 262 g/mol. The number of benzene rings is 1. The van der Waals surface area contributed by atoms with Crippen LogP contribution in [0.25, 0.3) is 11.1 Å². The molecule has 0 amide bonds. The molecule has 2 heteroatoms. The van der Waals surface area contributed by atoms with Crippen LogP contribution in [-0.4, -0.2) is 6.54 Å². The lowest BCUT2D eigenvalue weighted by Crippen LogP contribution is -2.29. The monoisotopic (exact) mass is 287 g/mol. The fourth-order valence-corrected chi connectivity index (χ4v) is 2.84. The molecule has 0 fully saturated rings. The number of hydrogen-bond donors (Lipinski definition) is 1. The second kappa shape index (κ2) is 6.55. The van der Waals surface area contributed by atoms with Gasteiger partial charge in [-0.3, -0.25) is 0 Å². The molecule has 1 heterocycles. The van der Waals surface area contributed by atoms with Gasteiger partial charge in [0, 0.05) is 11.4 Å². The zero-order chi connectivity index (χ0) is 14.6. The van der Waals surface area contributed by atoms with E-state index in [4.69, 9.17) is 0 Å². The fraction of sp³-hybridized carbons (Fsp3) is 0.444. The summed E-state index contributed by atoms with van der Waals surface area (Å²) in [6.45, 7) is 11.3. The molecule has 0 saturated heterocycles. The molecule has 0 spiro atoms. The molecule has 1 unspecified atom stereocenters. The molecule has 108 valence electrons. The van der Waals surface area contributed by atoms with Crippen LogP contribution in [0.5, 0.6) is 0 Å². The van der Waals surface area contributed by atoms with Crippen LogP contribution in [0.1, 0.15) is 32.6 Å². The van der Waals surface area contributed by atoms with Gasteiger partial charge < -0.3 is 5.32 Å². The molecule has 1 N–H and O–H groups in total. The third kappa shape index (κ3) is 4.19. The van der Waals surface area contributed by atoms with E-state index in [0.717, 1.165) is 13.1 Å². The van der Waals surface area contributed by atoms with E-state index < -0.39 is 0 Å². The quantitative estimate of drug-likeness (QED) is 0.798. The van der Waals surface area contributed by atoms with Crippen LogP contribution in [0.4, 0.5) is 0 Å². The van der Waals surface area contributed by atoms with E-state index in [9.17, 15) is 0 Å². The maximum absolute atomic E-state index is 3.58. The van der Waals surface area contributed by atoms with Crippen LogP contribution in [0, 0.1) is 11.3 Å². The zero-order valence-corrected chi connectivity index (χ0v) is 13.8. The Kier molecular flexibility index (Phi) is 5.00. The topological polar surface area (TPSA) is 12.0 Å². The molecule has 1 aromatic heterocycles. The van der Waals surface area contributed by atoms with Crippen molar-refractivity contribution >= 4 is 11.3 Å². The van der Waals surface area contributed by atoms with Crippen molar-refractivity contribution in [1.82, 2.24) is 5.32 Å². The van der Waals surface area contributed by atoms with E-state index in [1.807, 2.05) is 11.3 Å². The summed E-state index contributed by atoms with van der Waals surface area (Å²) in [7, 11) is 0. The molecule has 0 radical (unpaired) electrons. The Balaban J connectivity index is 1.88. The van der Waals surface area contributed by atoms with E-state index in [1.165, 1.54) is 16.0 Å². The summed E-state index contributed by atoms with van der Waals surface area (Å²) in [5, 5.41) is 5.83. The van der Waals surface area contributed by atoms with Gasteiger partial charge in [-0.15, -0.1) is 11.3 Å². The first-order valence-corrected chi connectivity index (χ1v) is 8.18. The summed E-state index contributed by atoms with van der Waals surface area (Å²) in [5.41, 5.74) is 3.01. The molecule has 0 saturated carbocycles. The van der Waals surface area contributed by atoms with Crippen LogP contribution in [0.2, 0.25) is 0 Å². The molecule has 2 rings (SSSR count). The van der Waals surface area contributed by atoms with Gasteiger partial charge in [0.25, 0.3) is 0 Å². The van der Waals surface area contributed by atoms with Gasteiger partial charge in [-0.25, -0.2) is 0 Å². The molecule has 0 bridgehead atoms. The van der Waals surface area contributed by atoms with Crippen LogP contribution >= 0.6 is 11.3 Å². The average molecular weight is 287 g/mol. The minimum absolute atomic E-state index is 0.373. The molecule has 1 aromatic carbocycles. The summed E-state index contributed by atoms with van der Waals surface area (Å²) in [5.74, 6) is 0.677. The molecule has 0 aliphatic heterocycles. The lowest BCUT2D eigenvalue weighted by atomic mass is 9.82. The first-order chi connectivity index (χ1) is 9.47. The van der Waals surface area contributed by atoms with Crippen LogP contribution in [-0.2, 0) is 6.54 Å². The smallest absolute Gasteiger partial charge is 0.0300 e. The van der Waals surface area contributed by atoms with Gasteiger partial charge in [-0.05, 0) is 40.5 Å². The largest absolute Gasteiger partial charge is 0.312 e. The molecule has 2 aromatic rings. The van der Waals surface area contributed by atoms with E-state index in [0.29, 0.717) is 11.3 Å². The average Bonchev–Trinajstić information content (AvgIpc) is 2.87. The first-order valence-electron chi connectivity index (χ1n) is 7.30. The number of rotatable bonds is 5. The SMILES string of the molecule is CC(CNCc1cc(-c2ccccc2)cs1)C(C)(C)C. The molecule has 20 heavy (non-hydrogen) atoms. The fourth-order valence-electron chi connectivity index (χ4n) is 1.97. The van der Waals surface area contributed by atoms with Gasteiger partial charge in [0.05, 0.1) is 0 Å². The maximum atomic E-state index is 3.58. The van der Waals surface area contributed by atoms with Gasteiger partial charge in [-0.2, -0.15) is 0 Å². The van der Waals surface area contributed by atoms with Crippen molar-refractivity contribution in [3.05, 3.63) is 46.7 Å². The molecular formula is C18H25NS. The first kappa shape index (κ1) is 15.3. The standard InChI is InChI=1S/C18H25NS/c1-14(18(2,3)4)11-19-12-17-10-16(13-20-17)15-8-6-5-7-9-15/h5-10,13-14,19H,11-12H2,1-4H3. The Morgan fingerprint density at radius 1 is 1.10 bits per heavy atom. The highest BCUT2D eigenvalue weighted by Crippen LogP contribution is 2.26. The van der Waals surface area contributed by atoms with Crippen LogP contribution in [0.15, 0.2) is 41.8 Å². The number of nitrogens with one attached hydrogen (secondary N) is 1. The van der Waals surface area contributed by atoms with Crippen molar-refractivity contribution in [1.29, 1.82) is 0 Å². The van der Waals surface area contributed by atoms with Crippen molar-refractivity contribution in [2.75, 3.05) is 6.54 Å². The second-order valence-corrected chi connectivity index (χ2v) is 7.56. The van der Waals surface area contributed by atoms with Crippen molar-refractivity contribution in [3.8, 4) is 11.1 Å². The zero-order valence-electron chi connectivity index (χ0n) is 12.9.